The summed E-state index contributed by atoms with van der Waals surface area (Å²) in [5, 5.41) is 16.9. The van der Waals surface area contributed by atoms with Gasteiger partial charge in [0.2, 0.25) is 0 Å². The van der Waals surface area contributed by atoms with Crippen LogP contribution >= 0.6 is 49.9 Å². The lowest BCUT2D eigenvalue weighted by Crippen LogP contribution is -2.27. The predicted octanol–water partition coefficient (Wildman–Crippen LogP) is 4.76. The number of aliphatic hydroxyl groups is 1. The van der Waals surface area contributed by atoms with Crippen molar-refractivity contribution < 1.29 is 9.90 Å². The van der Waals surface area contributed by atoms with Gasteiger partial charge in [-0.3, -0.25) is 4.79 Å². The molecule has 3 rings (SSSR count). The lowest BCUT2D eigenvalue weighted by atomic mass is 10.3. The summed E-state index contributed by atoms with van der Waals surface area (Å²) in [4.78, 5) is 15.8. The third-order valence-electron chi connectivity index (χ3n) is 2.97. The summed E-state index contributed by atoms with van der Waals surface area (Å²) in [6.45, 7) is 0.207. The second-order valence-corrected chi connectivity index (χ2v) is 8.42. The van der Waals surface area contributed by atoms with Gasteiger partial charge in [-0.05, 0) is 45.6 Å². The Morgan fingerprint density at radius 1 is 1.27 bits per heavy atom. The van der Waals surface area contributed by atoms with Crippen LogP contribution in [0, 0.1) is 0 Å². The lowest BCUT2D eigenvalue weighted by molar-refractivity contribution is 0.0922. The topological polar surface area (TPSA) is 49.3 Å². The molecule has 0 aliphatic heterocycles. The first kappa shape index (κ1) is 15.9. The normalized spacial score (nSPS) is 12.3. The van der Waals surface area contributed by atoms with Crippen molar-refractivity contribution in [1.29, 1.82) is 0 Å². The number of nitrogens with one attached hydrogen (secondary N) is 1. The smallest absolute Gasteiger partial charge is 0.261 e. The monoisotopic (exact) mass is 413 g/mol. The van der Waals surface area contributed by atoms with E-state index in [-0.39, 0.29) is 12.5 Å². The summed E-state index contributed by atoms with van der Waals surface area (Å²) in [7, 11) is 0. The van der Waals surface area contributed by atoms with E-state index in [1.165, 1.54) is 16.2 Å². The molecule has 0 spiro atoms. The number of rotatable bonds is 5. The molecule has 0 radical (unpaired) electrons. The van der Waals surface area contributed by atoms with Crippen molar-refractivity contribution in [3.05, 3.63) is 55.3 Å². The molecule has 3 aromatic rings. The third-order valence-corrected chi connectivity index (χ3v) is 6.91. The fraction of sp³-hybridized carbons (Fsp3) is 0.133. The van der Waals surface area contributed by atoms with Crippen LogP contribution in [0.2, 0.25) is 0 Å². The van der Waals surface area contributed by atoms with E-state index in [1.54, 1.807) is 28.7 Å². The first-order chi connectivity index (χ1) is 10.6. The average molecular weight is 414 g/mol. The number of amides is 1. The Hall–Kier alpha value is -0.990. The molecular formula is C15H12BrNO2S3. The number of halogens is 1. The van der Waals surface area contributed by atoms with Crippen molar-refractivity contribution >= 4 is 55.8 Å². The summed E-state index contributed by atoms with van der Waals surface area (Å²) in [6.07, 6.45) is -0.689. The number of hydrogen-bond acceptors (Lipinski definition) is 5. The van der Waals surface area contributed by atoms with Gasteiger partial charge in [0.15, 0.2) is 0 Å². The zero-order valence-corrected chi connectivity index (χ0v) is 15.3. The van der Waals surface area contributed by atoms with Gasteiger partial charge in [0.05, 0.1) is 4.88 Å². The van der Waals surface area contributed by atoms with Gasteiger partial charge in [0.25, 0.3) is 5.91 Å². The molecule has 0 bridgehead atoms. The summed E-state index contributed by atoms with van der Waals surface area (Å²) < 4.78 is 0.891. The first-order valence-corrected chi connectivity index (χ1v) is 9.84. The highest BCUT2D eigenvalue weighted by Crippen LogP contribution is 2.33. The van der Waals surface area contributed by atoms with Crippen LogP contribution < -0.4 is 5.32 Å². The van der Waals surface area contributed by atoms with E-state index in [0.717, 1.165) is 14.2 Å². The zero-order chi connectivity index (χ0) is 15.5. The largest absolute Gasteiger partial charge is 0.386 e. The lowest BCUT2D eigenvalue weighted by Gasteiger charge is -2.09. The molecular weight excluding hydrogens is 402 g/mol. The maximum absolute atomic E-state index is 12.0. The standard InChI is InChI=1S/C15H12BrNO2S3/c16-9-6-14(21-8-9)15(19)17-7-10(18)11-3-4-13(22-11)12-2-1-5-20-12/h1-6,8,10,18H,7H2,(H,17,19). The van der Waals surface area contributed by atoms with Gasteiger partial charge < -0.3 is 10.4 Å². The van der Waals surface area contributed by atoms with Gasteiger partial charge in [0.1, 0.15) is 6.10 Å². The Bertz CT molecular complexity index is 763. The van der Waals surface area contributed by atoms with E-state index in [0.29, 0.717) is 4.88 Å². The van der Waals surface area contributed by atoms with E-state index >= 15 is 0 Å². The van der Waals surface area contributed by atoms with Crippen molar-refractivity contribution in [2.45, 2.75) is 6.10 Å². The highest BCUT2D eigenvalue weighted by atomic mass is 79.9. The maximum Gasteiger partial charge on any atom is 0.261 e. The van der Waals surface area contributed by atoms with E-state index in [1.807, 2.05) is 29.0 Å². The van der Waals surface area contributed by atoms with Gasteiger partial charge in [-0.2, -0.15) is 0 Å². The SMILES string of the molecule is O=C(NCC(O)c1ccc(-c2cccs2)s1)c1cc(Br)cs1. The second kappa shape index (κ2) is 7.06. The van der Waals surface area contributed by atoms with Gasteiger partial charge in [-0.25, -0.2) is 0 Å². The van der Waals surface area contributed by atoms with Gasteiger partial charge >= 0.3 is 0 Å². The van der Waals surface area contributed by atoms with Crippen LogP contribution in [0.15, 0.2) is 45.6 Å². The molecule has 2 N–H and O–H groups in total. The van der Waals surface area contributed by atoms with Crippen LogP contribution in [0.1, 0.15) is 20.7 Å². The van der Waals surface area contributed by atoms with Crippen molar-refractivity contribution in [2.24, 2.45) is 0 Å². The molecule has 0 aromatic carbocycles. The van der Waals surface area contributed by atoms with E-state index in [2.05, 4.69) is 27.3 Å². The Kier molecular flexibility index (Phi) is 5.10. The van der Waals surface area contributed by atoms with Crippen molar-refractivity contribution in [3.8, 4) is 9.75 Å². The minimum Gasteiger partial charge on any atom is -0.386 e. The minimum atomic E-state index is -0.689. The summed E-state index contributed by atoms with van der Waals surface area (Å²) in [5.41, 5.74) is 0. The maximum atomic E-state index is 12.0. The zero-order valence-electron chi connectivity index (χ0n) is 11.3. The molecule has 0 fully saturated rings. The number of carbonyl (C=O) groups excluding carboxylic acids is 1. The van der Waals surface area contributed by atoms with Crippen LogP contribution in [0.3, 0.4) is 0 Å². The van der Waals surface area contributed by atoms with Crippen molar-refractivity contribution in [1.82, 2.24) is 5.32 Å². The molecule has 3 heterocycles. The molecule has 3 nitrogen and oxygen atoms in total. The predicted molar refractivity (Wildman–Crippen MR) is 96.9 cm³/mol. The summed E-state index contributed by atoms with van der Waals surface area (Å²) in [6, 6.07) is 9.76. The Morgan fingerprint density at radius 3 is 2.82 bits per heavy atom. The Morgan fingerprint density at radius 2 is 2.14 bits per heavy atom. The molecule has 1 unspecified atom stereocenters. The highest BCUT2D eigenvalue weighted by molar-refractivity contribution is 9.10. The van der Waals surface area contributed by atoms with Gasteiger partial charge in [-0.15, -0.1) is 34.0 Å². The third kappa shape index (κ3) is 3.67. The second-order valence-electron chi connectivity index (χ2n) is 4.53. The molecule has 22 heavy (non-hydrogen) atoms. The van der Waals surface area contributed by atoms with Gasteiger partial charge in [-0.1, -0.05) is 6.07 Å². The van der Waals surface area contributed by atoms with Gasteiger partial charge in [0, 0.05) is 31.0 Å². The highest BCUT2D eigenvalue weighted by Gasteiger charge is 2.14. The van der Waals surface area contributed by atoms with Crippen molar-refractivity contribution in [3.63, 3.8) is 0 Å². The van der Waals surface area contributed by atoms with Crippen LogP contribution in [-0.4, -0.2) is 17.6 Å². The minimum absolute atomic E-state index is 0.162. The molecule has 7 heteroatoms. The average Bonchev–Trinajstić information content (AvgIpc) is 3.23. The fourth-order valence-electron chi connectivity index (χ4n) is 1.89. The van der Waals surface area contributed by atoms with Crippen LogP contribution in [0.4, 0.5) is 0 Å². The number of carbonyl (C=O) groups is 1. The molecule has 0 aliphatic rings. The van der Waals surface area contributed by atoms with E-state index in [9.17, 15) is 9.90 Å². The molecule has 1 atom stereocenters. The van der Waals surface area contributed by atoms with Crippen molar-refractivity contribution in [2.75, 3.05) is 6.54 Å². The molecule has 1 amide bonds. The number of aliphatic hydroxyl groups excluding tert-OH is 1. The summed E-state index contributed by atoms with van der Waals surface area (Å²) >= 11 is 7.92. The van der Waals surface area contributed by atoms with E-state index in [4.69, 9.17) is 0 Å². The summed E-state index contributed by atoms with van der Waals surface area (Å²) in [5.74, 6) is -0.162. The number of hydrogen-bond donors (Lipinski definition) is 2. The molecule has 114 valence electrons. The Labute approximate surface area is 148 Å². The molecule has 0 aliphatic carbocycles. The Balaban J connectivity index is 1.60. The van der Waals surface area contributed by atoms with Crippen LogP contribution in [0.5, 0.6) is 0 Å². The molecule has 3 aromatic heterocycles. The quantitative estimate of drug-likeness (QED) is 0.632. The molecule has 0 saturated heterocycles. The first-order valence-electron chi connectivity index (χ1n) is 6.47. The fourth-order valence-corrected chi connectivity index (χ4v) is 5.06. The van der Waals surface area contributed by atoms with Crippen LogP contribution in [-0.2, 0) is 0 Å². The number of thiophene rings is 3. The molecule has 0 saturated carbocycles. The van der Waals surface area contributed by atoms with Crippen LogP contribution in [0.25, 0.3) is 9.75 Å². The van der Waals surface area contributed by atoms with E-state index < -0.39 is 6.10 Å².